The van der Waals surface area contributed by atoms with Gasteiger partial charge in [0.05, 0.1) is 6.61 Å². The maximum atomic E-state index is 12.2. The monoisotopic (exact) mass is 291 g/mol. The molecule has 0 heterocycles. The molecule has 1 N–H and O–H groups in total. The number of amides is 1. The summed E-state index contributed by atoms with van der Waals surface area (Å²) in [7, 11) is 0. The van der Waals surface area contributed by atoms with Crippen molar-refractivity contribution in [1.82, 2.24) is 5.32 Å². The van der Waals surface area contributed by atoms with Crippen molar-refractivity contribution in [3.05, 3.63) is 34.3 Å². The van der Waals surface area contributed by atoms with Gasteiger partial charge in [0.2, 0.25) is 0 Å². The second-order valence-corrected chi connectivity index (χ2v) is 5.10. The van der Waals surface area contributed by atoms with Gasteiger partial charge in [-0.1, -0.05) is 17.7 Å². The lowest BCUT2D eigenvalue weighted by atomic mass is 9.95. The van der Waals surface area contributed by atoms with E-state index in [1.807, 2.05) is 12.0 Å². The summed E-state index contributed by atoms with van der Waals surface area (Å²) in [6.07, 6.45) is 5.76. The van der Waals surface area contributed by atoms with E-state index in [0.717, 1.165) is 11.1 Å². The Labute approximate surface area is 122 Å². The Kier molecular flexibility index (Phi) is 4.01. The van der Waals surface area contributed by atoms with Crippen LogP contribution in [0.25, 0.3) is 0 Å². The van der Waals surface area contributed by atoms with Crippen LogP contribution in [0.2, 0.25) is 5.02 Å². The van der Waals surface area contributed by atoms with Gasteiger partial charge in [0.15, 0.2) is 0 Å². The minimum absolute atomic E-state index is 0.240. The van der Waals surface area contributed by atoms with Crippen LogP contribution in [-0.4, -0.2) is 24.0 Å². The maximum Gasteiger partial charge on any atom is 0.332 e. The molecule has 4 nitrogen and oxygen atoms in total. The van der Waals surface area contributed by atoms with Gasteiger partial charge in [-0.3, -0.25) is 4.79 Å². The molecule has 1 aromatic rings. The predicted octanol–water partition coefficient (Wildman–Crippen LogP) is 1.49. The number of esters is 1. The third-order valence-electron chi connectivity index (χ3n) is 3.30. The number of benzene rings is 1. The van der Waals surface area contributed by atoms with E-state index in [1.165, 1.54) is 0 Å². The molecule has 0 aromatic heterocycles. The van der Waals surface area contributed by atoms with Crippen LogP contribution in [0.5, 0.6) is 0 Å². The number of nitrogens with one attached hydrogen (secondary N) is 1. The van der Waals surface area contributed by atoms with E-state index in [9.17, 15) is 9.59 Å². The first-order valence-corrected chi connectivity index (χ1v) is 6.62. The van der Waals surface area contributed by atoms with E-state index in [0.29, 0.717) is 17.9 Å². The molecule has 0 radical (unpaired) electrons. The van der Waals surface area contributed by atoms with Crippen molar-refractivity contribution in [2.75, 3.05) is 6.61 Å². The van der Waals surface area contributed by atoms with Crippen LogP contribution in [0.3, 0.4) is 0 Å². The molecule has 20 heavy (non-hydrogen) atoms. The summed E-state index contributed by atoms with van der Waals surface area (Å²) in [5.74, 6) is 0.864. The number of halogens is 1. The smallest absolute Gasteiger partial charge is 0.332 e. The number of terminal acetylenes is 1. The molecule has 1 aliphatic carbocycles. The molecule has 2 rings (SSSR count). The van der Waals surface area contributed by atoms with E-state index >= 15 is 0 Å². The number of carbonyl (C=O) groups excluding carboxylic acids is 2. The molecule has 5 heteroatoms. The summed E-state index contributed by atoms with van der Waals surface area (Å²) in [6, 6.07) is 5.39. The van der Waals surface area contributed by atoms with Crippen LogP contribution in [0.1, 0.15) is 18.1 Å². The van der Waals surface area contributed by atoms with Crippen molar-refractivity contribution in [2.24, 2.45) is 0 Å². The number of rotatable bonds is 3. The largest absolute Gasteiger partial charge is 0.464 e. The van der Waals surface area contributed by atoms with Crippen molar-refractivity contribution in [3.63, 3.8) is 0 Å². The highest BCUT2D eigenvalue weighted by Crippen LogP contribution is 2.33. The molecule has 0 saturated carbocycles. The first-order chi connectivity index (χ1) is 9.50. The molecule has 0 aliphatic heterocycles. The second-order valence-electron chi connectivity index (χ2n) is 4.67. The van der Waals surface area contributed by atoms with Gasteiger partial charge < -0.3 is 10.1 Å². The molecular formula is C15H14ClNO3. The zero-order valence-electron chi connectivity index (χ0n) is 11.0. The van der Waals surface area contributed by atoms with E-state index in [1.54, 1.807) is 19.1 Å². The average molecular weight is 292 g/mol. The predicted molar refractivity (Wildman–Crippen MR) is 75.2 cm³/mol. The summed E-state index contributed by atoms with van der Waals surface area (Å²) in [6.45, 7) is 1.96. The lowest BCUT2D eigenvalue weighted by Gasteiger charge is -2.26. The van der Waals surface area contributed by atoms with Gasteiger partial charge in [0, 0.05) is 17.9 Å². The number of hydrogen-bond acceptors (Lipinski definition) is 3. The van der Waals surface area contributed by atoms with Crippen LogP contribution >= 0.6 is 11.6 Å². The summed E-state index contributed by atoms with van der Waals surface area (Å²) >= 11 is 5.95. The first-order valence-electron chi connectivity index (χ1n) is 6.24. The van der Waals surface area contributed by atoms with Crippen LogP contribution in [-0.2, 0) is 27.2 Å². The molecular weight excluding hydrogens is 278 g/mol. The first kappa shape index (κ1) is 14.4. The molecule has 104 valence electrons. The highest BCUT2D eigenvalue weighted by Gasteiger charge is 2.46. The molecule has 0 spiro atoms. The fourth-order valence-electron chi connectivity index (χ4n) is 2.45. The fourth-order valence-corrected chi connectivity index (χ4v) is 2.65. The molecule has 1 unspecified atom stereocenters. The van der Waals surface area contributed by atoms with Crippen molar-refractivity contribution >= 4 is 23.5 Å². The summed E-state index contributed by atoms with van der Waals surface area (Å²) in [4.78, 5) is 23.8. The minimum Gasteiger partial charge on any atom is -0.464 e. The topological polar surface area (TPSA) is 55.4 Å². The van der Waals surface area contributed by atoms with Crippen molar-refractivity contribution in [2.45, 2.75) is 25.3 Å². The standard InChI is InChI=1S/C15H14ClNO3/c1-3-13(18)17-15(14(19)20-4-2)8-10-5-6-12(16)7-11(10)9-15/h1,5-7H,4,8-9H2,2H3,(H,17,18). The third kappa shape index (κ3) is 2.63. The number of hydrogen-bond donors (Lipinski definition) is 1. The summed E-state index contributed by atoms with van der Waals surface area (Å²) in [5.41, 5.74) is 0.745. The Morgan fingerprint density at radius 1 is 1.45 bits per heavy atom. The van der Waals surface area contributed by atoms with Crippen LogP contribution in [0.4, 0.5) is 0 Å². The van der Waals surface area contributed by atoms with Gasteiger partial charge in [0.25, 0.3) is 5.91 Å². The van der Waals surface area contributed by atoms with E-state index in [4.69, 9.17) is 22.8 Å². The Bertz CT molecular complexity index is 606. The molecule has 1 aromatic carbocycles. The van der Waals surface area contributed by atoms with E-state index in [2.05, 4.69) is 5.32 Å². The lowest BCUT2D eigenvalue weighted by molar-refractivity contribution is -0.152. The number of ether oxygens (including phenoxy) is 1. The average Bonchev–Trinajstić information content (AvgIpc) is 2.77. The quantitative estimate of drug-likeness (QED) is 0.678. The third-order valence-corrected chi connectivity index (χ3v) is 3.54. The number of fused-ring (bicyclic) bond motifs is 1. The fraction of sp³-hybridized carbons (Fsp3) is 0.333. The molecule has 0 saturated heterocycles. The second kappa shape index (κ2) is 5.56. The van der Waals surface area contributed by atoms with Gasteiger partial charge >= 0.3 is 5.97 Å². The molecule has 1 aliphatic rings. The zero-order chi connectivity index (χ0) is 14.8. The molecule has 0 fully saturated rings. The van der Waals surface area contributed by atoms with Gasteiger partial charge in [0.1, 0.15) is 5.54 Å². The highest BCUT2D eigenvalue weighted by atomic mass is 35.5. The summed E-state index contributed by atoms with van der Waals surface area (Å²) in [5, 5.41) is 3.19. The van der Waals surface area contributed by atoms with Gasteiger partial charge in [-0.2, -0.15) is 0 Å². The highest BCUT2D eigenvalue weighted by molar-refractivity contribution is 6.30. The van der Waals surface area contributed by atoms with Crippen molar-refractivity contribution in [3.8, 4) is 12.3 Å². The van der Waals surface area contributed by atoms with E-state index < -0.39 is 17.4 Å². The van der Waals surface area contributed by atoms with E-state index in [-0.39, 0.29) is 6.61 Å². The molecule has 1 amide bonds. The van der Waals surface area contributed by atoms with Crippen molar-refractivity contribution < 1.29 is 14.3 Å². The zero-order valence-corrected chi connectivity index (χ0v) is 11.8. The number of carbonyl (C=O) groups is 2. The van der Waals surface area contributed by atoms with Gasteiger partial charge in [-0.25, -0.2) is 4.79 Å². The Morgan fingerprint density at radius 3 is 2.80 bits per heavy atom. The van der Waals surface area contributed by atoms with Crippen LogP contribution < -0.4 is 5.32 Å². The lowest BCUT2D eigenvalue weighted by Crippen LogP contribution is -2.56. The molecule has 0 bridgehead atoms. The van der Waals surface area contributed by atoms with Gasteiger partial charge in [-0.05, 0) is 36.1 Å². The normalized spacial score (nSPS) is 19.9. The van der Waals surface area contributed by atoms with Crippen LogP contribution in [0.15, 0.2) is 18.2 Å². The van der Waals surface area contributed by atoms with Gasteiger partial charge in [-0.15, -0.1) is 6.42 Å². The SMILES string of the molecule is C#CC(=O)NC1(C(=O)OCC)Cc2ccc(Cl)cc2C1. The Hall–Kier alpha value is -1.99. The van der Waals surface area contributed by atoms with Crippen molar-refractivity contribution in [1.29, 1.82) is 0 Å². The molecule has 1 atom stereocenters. The summed E-state index contributed by atoms with van der Waals surface area (Å²) < 4.78 is 5.08. The Balaban J connectivity index is 2.34. The van der Waals surface area contributed by atoms with Crippen LogP contribution in [0, 0.1) is 12.3 Å². The maximum absolute atomic E-state index is 12.2. The Morgan fingerprint density at radius 2 is 2.15 bits per heavy atom. The minimum atomic E-state index is -1.13.